The topological polar surface area (TPSA) is 24.5 Å². The third-order valence-electron chi connectivity index (χ3n) is 2.88. The van der Waals surface area contributed by atoms with Crippen LogP contribution >= 0.6 is 12.2 Å². The summed E-state index contributed by atoms with van der Waals surface area (Å²) >= 11 is 5.25. The largest absolute Gasteiger partial charge is 0.372 e. The van der Waals surface area contributed by atoms with Crippen molar-refractivity contribution in [2.75, 3.05) is 18.4 Å². The van der Waals surface area contributed by atoms with Gasteiger partial charge in [-0.05, 0) is 38.2 Å². The summed E-state index contributed by atoms with van der Waals surface area (Å²) in [6, 6.07) is 3.36. The van der Waals surface area contributed by atoms with E-state index in [9.17, 15) is 8.78 Å². The first kappa shape index (κ1) is 14.1. The molecule has 3 nitrogen and oxygen atoms in total. The zero-order valence-corrected chi connectivity index (χ0v) is 11.6. The fraction of sp³-hybridized carbons (Fsp3) is 0.462. The molecule has 2 atom stereocenters. The van der Waals surface area contributed by atoms with Crippen molar-refractivity contribution in [2.24, 2.45) is 0 Å². The number of hydrogen-bond acceptors (Lipinski definition) is 2. The summed E-state index contributed by atoms with van der Waals surface area (Å²) in [5.74, 6) is -1.26. The Hall–Kier alpha value is -1.27. The van der Waals surface area contributed by atoms with Crippen LogP contribution in [0.2, 0.25) is 0 Å². The van der Waals surface area contributed by atoms with E-state index in [1.807, 2.05) is 18.7 Å². The van der Waals surface area contributed by atoms with Gasteiger partial charge in [0.05, 0.1) is 17.9 Å². The molecular formula is C13H16F2N2OS. The van der Waals surface area contributed by atoms with E-state index in [4.69, 9.17) is 17.0 Å². The SMILES string of the molecule is C[C@H]1CN(C(=S)Nc2ccc(F)cc2F)C[C@H](C)O1. The van der Waals surface area contributed by atoms with Crippen LogP contribution in [0.15, 0.2) is 18.2 Å². The van der Waals surface area contributed by atoms with Crippen LogP contribution in [0.3, 0.4) is 0 Å². The standard InChI is InChI=1S/C13H16F2N2OS/c1-8-6-17(7-9(2)18-8)13(19)16-12-4-3-10(14)5-11(12)15/h3-5,8-9H,6-7H2,1-2H3,(H,16,19)/t8-,9-/m0/s1. The van der Waals surface area contributed by atoms with E-state index in [0.717, 1.165) is 6.07 Å². The molecule has 1 fully saturated rings. The Labute approximate surface area is 116 Å². The predicted molar refractivity (Wildman–Crippen MR) is 74.2 cm³/mol. The Morgan fingerprint density at radius 3 is 2.53 bits per heavy atom. The van der Waals surface area contributed by atoms with Gasteiger partial charge < -0.3 is 15.0 Å². The number of halogens is 2. The lowest BCUT2D eigenvalue weighted by molar-refractivity contribution is -0.0473. The summed E-state index contributed by atoms with van der Waals surface area (Å²) in [4.78, 5) is 1.93. The number of ether oxygens (including phenoxy) is 1. The van der Waals surface area contributed by atoms with Crippen molar-refractivity contribution in [3.63, 3.8) is 0 Å². The normalized spacial score (nSPS) is 23.3. The number of nitrogens with one attached hydrogen (secondary N) is 1. The Kier molecular flexibility index (Phi) is 4.31. The zero-order valence-electron chi connectivity index (χ0n) is 10.8. The van der Waals surface area contributed by atoms with Gasteiger partial charge in [0.1, 0.15) is 11.6 Å². The second-order valence-corrected chi connectivity index (χ2v) is 5.10. The molecule has 1 saturated heterocycles. The number of hydrogen-bond donors (Lipinski definition) is 1. The van der Waals surface area contributed by atoms with Crippen LogP contribution in [0.5, 0.6) is 0 Å². The molecule has 1 aromatic rings. The van der Waals surface area contributed by atoms with E-state index >= 15 is 0 Å². The summed E-state index contributed by atoms with van der Waals surface area (Å²) in [6.07, 6.45) is 0.142. The molecular weight excluding hydrogens is 270 g/mol. The summed E-state index contributed by atoms with van der Waals surface area (Å²) in [5.41, 5.74) is 0.179. The summed E-state index contributed by atoms with van der Waals surface area (Å²) < 4.78 is 31.9. The van der Waals surface area contributed by atoms with Gasteiger partial charge in [-0.1, -0.05) is 0 Å². The molecule has 0 bridgehead atoms. The van der Waals surface area contributed by atoms with Crippen LogP contribution in [0, 0.1) is 11.6 Å². The highest BCUT2D eigenvalue weighted by Crippen LogP contribution is 2.17. The van der Waals surface area contributed by atoms with Gasteiger partial charge in [-0.25, -0.2) is 8.78 Å². The summed E-state index contributed by atoms with van der Waals surface area (Å²) in [6.45, 7) is 5.23. The highest BCUT2D eigenvalue weighted by atomic mass is 32.1. The minimum atomic E-state index is -0.656. The monoisotopic (exact) mass is 286 g/mol. The minimum absolute atomic E-state index is 0.0709. The number of nitrogens with zero attached hydrogens (tertiary/aromatic N) is 1. The average molecular weight is 286 g/mol. The molecule has 0 spiro atoms. The van der Waals surface area contributed by atoms with E-state index in [0.29, 0.717) is 18.2 Å². The van der Waals surface area contributed by atoms with E-state index in [-0.39, 0.29) is 17.9 Å². The Morgan fingerprint density at radius 1 is 1.32 bits per heavy atom. The second-order valence-electron chi connectivity index (χ2n) is 4.72. The maximum Gasteiger partial charge on any atom is 0.173 e. The van der Waals surface area contributed by atoms with Gasteiger partial charge in [-0.15, -0.1) is 0 Å². The average Bonchev–Trinajstić information content (AvgIpc) is 2.31. The maximum absolute atomic E-state index is 13.5. The molecule has 0 amide bonds. The number of morpholine rings is 1. The molecule has 19 heavy (non-hydrogen) atoms. The van der Waals surface area contributed by atoms with Gasteiger partial charge in [0.2, 0.25) is 0 Å². The number of anilines is 1. The first-order valence-corrected chi connectivity index (χ1v) is 6.53. The quantitative estimate of drug-likeness (QED) is 0.802. The lowest BCUT2D eigenvalue weighted by Crippen LogP contribution is -2.49. The zero-order chi connectivity index (χ0) is 14.0. The molecule has 1 N–H and O–H groups in total. The number of thiocarbonyl (C=S) groups is 1. The van der Waals surface area contributed by atoms with Crippen LogP contribution < -0.4 is 5.32 Å². The summed E-state index contributed by atoms with van der Waals surface area (Å²) in [5, 5.41) is 3.23. The van der Waals surface area contributed by atoms with Gasteiger partial charge in [-0.2, -0.15) is 0 Å². The molecule has 0 aromatic heterocycles. The van der Waals surface area contributed by atoms with Crippen LogP contribution in [0.25, 0.3) is 0 Å². The first-order valence-electron chi connectivity index (χ1n) is 6.12. The number of benzene rings is 1. The van der Waals surface area contributed by atoms with Crippen molar-refractivity contribution in [1.29, 1.82) is 0 Å². The van der Waals surface area contributed by atoms with E-state index < -0.39 is 11.6 Å². The molecule has 0 radical (unpaired) electrons. The summed E-state index contributed by atoms with van der Waals surface area (Å²) in [7, 11) is 0. The Morgan fingerprint density at radius 2 is 1.95 bits per heavy atom. The van der Waals surface area contributed by atoms with E-state index in [2.05, 4.69) is 5.32 Å². The lowest BCUT2D eigenvalue weighted by atomic mass is 10.2. The van der Waals surface area contributed by atoms with Crippen molar-refractivity contribution >= 4 is 23.0 Å². The molecule has 0 aliphatic carbocycles. The van der Waals surface area contributed by atoms with E-state index in [1.54, 1.807) is 0 Å². The molecule has 6 heteroatoms. The molecule has 1 aromatic carbocycles. The van der Waals surface area contributed by atoms with Gasteiger partial charge >= 0.3 is 0 Å². The van der Waals surface area contributed by atoms with Crippen LogP contribution in [0.4, 0.5) is 14.5 Å². The van der Waals surface area contributed by atoms with E-state index in [1.165, 1.54) is 12.1 Å². The molecule has 1 aliphatic rings. The van der Waals surface area contributed by atoms with Gasteiger partial charge in [0, 0.05) is 19.2 Å². The molecule has 1 heterocycles. The smallest absolute Gasteiger partial charge is 0.173 e. The molecule has 0 unspecified atom stereocenters. The van der Waals surface area contributed by atoms with Crippen molar-refractivity contribution in [3.05, 3.63) is 29.8 Å². The highest BCUT2D eigenvalue weighted by molar-refractivity contribution is 7.80. The molecule has 104 valence electrons. The van der Waals surface area contributed by atoms with Gasteiger partial charge in [0.25, 0.3) is 0 Å². The van der Waals surface area contributed by atoms with Gasteiger partial charge in [-0.3, -0.25) is 0 Å². The van der Waals surface area contributed by atoms with Crippen LogP contribution in [-0.4, -0.2) is 35.3 Å². The maximum atomic E-state index is 13.5. The molecule has 2 rings (SSSR count). The third-order valence-corrected chi connectivity index (χ3v) is 3.24. The van der Waals surface area contributed by atoms with Crippen molar-refractivity contribution in [1.82, 2.24) is 4.90 Å². The fourth-order valence-corrected chi connectivity index (χ4v) is 2.39. The van der Waals surface area contributed by atoms with Crippen molar-refractivity contribution in [2.45, 2.75) is 26.1 Å². The van der Waals surface area contributed by atoms with Crippen LogP contribution in [0.1, 0.15) is 13.8 Å². The lowest BCUT2D eigenvalue weighted by Gasteiger charge is -2.36. The predicted octanol–water partition coefficient (Wildman–Crippen LogP) is 2.77. The van der Waals surface area contributed by atoms with Crippen molar-refractivity contribution < 1.29 is 13.5 Å². The fourth-order valence-electron chi connectivity index (χ4n) is 2.13. The van der Waals surface area contributed by atoms with Crippen LogP contribution in [-0.2, 0) is 4.74 Å². The first-order chi connectivity index (χ1) is 8.95. The minimum Gasteiger partial charge on any atom is -0.372 e. The number of rotatable bonds is 1. The highest BCUT2D eigenvalue weighted by Gasteiger charge is 2.24. The third kappa shape index (κ3) is 3.61. The van der Waals surface area contributed by atoms with Gasteiger partial charge in [0.15, 0.2) is 5.11 Å². The Bertz CT molecular complexity index is 474. The molecule has 0 saturated carbocycles. The van der Waals surface area contributed by atoms with Crippen molar-refractivity contribution in [3.8, 4) is 0 Å². The second kappa shape index (κ2) is 5.79. The Balaban J connectivity index is 2.04. The molecule has 1 aliphatic heterocycles.